The molecule has 0 fully saturated rings. The zero-order valence-electron chi connectivity index (χ0n) is 16.7. The lowest BCUT2D eigenvalue weighted by molar-refractivity contribution is 0.358. The minimum absolute atomic E-state index is 0.382. The van der Waals surface area contributed by atoms with Gasteiger partial charge in [0.05, 0.1) is 25.9 Å². The third-order valence-electron chi connectivity index (χ3n) is 4.48. The van der Waals surface area contributed by atoms with Crippen molar-refractivity contribution in [3.63, 3.8) is 0 Å². The molecule has 150 valence electrons. The molecule has 8 heteroatoms. The van der Waals surface area contributed by atoms with Crippen molar-refractivity contribution in [1.82, 2.24) is 15.2 Å². The number of pyridine rings is 1. The molecule has 0 saturated carbocycles. The van der Waals surface area contributed by atoms with Crippen molar-refractivity contribution in [2.24, 2.45) is 0 Å². The van der Waals surface area contributed by atoms with E-state index in [1.165, 1.54) is 0 Å². The maximum absolute atomic E-state index is 9.00. The first-order chi connectivity index (χ1) is 14.6. The van der Waals surface area contributed by atoms with E-state index in [9.17, 15) is 0 Å². The third kappa shape index (κ3) is 3.69. The summed E-state index contributed by atoms with van der Waals surface area (Å²) in [5.41, 5.74) is 1.47. The number of fused-ring (bicyclic) bond motifs is 1. The molecule has 8 nitrogen and oxygen atoms in total. The van der Waals surface area contributed by atoms with Crippen molar-refractivity contribution in [2.75, 3.05) is 19.5 Å². The number of aryl methyl sites for hydroxylation is 1. The summed E-state index contributed by atoms with van der Waals surface area (Å²) in [5.74, 6) is 3.28. The average Bonchev–Trinajstić information content (AvgIpc) is 3.17. The van der Waals surface area contributed by atoms with Gasteiger partial charge in [0, 0.05) is 22.5 Å². The number of methoxy groups -OCH3 is 2. The third-order valence-corrected chi connectivity index (χ3v) is 4.48. The minimum atomic E-state index is 0.382. The first kappa shape index (κ1) is 19.1. The summed E-state index contributed by atoms with van der Waals surface area (Å²) in [5, 5.41) is 20.8. The molecule has 0 radical (unpaired) electrons. The lowest BCUT2D eigenvalue weighted by Gasteiger charge is -2.15. The first-order valence-corrected chi connectivity index (χ1v) is 9.14. The van der Waals surface area contributed by atoms with Crippen LogP contribution in [0.15, 0.2) is 48.5 Å². The second kappa shape index (κ2) is 8.01. The van der Waals surface area contributed by atoms with Crippen LogP contribution < -0.4 is 19.5 Å². The number of hydrogen-bond donors (Lipinski definition) is 2. The van der Waals surface area contributed by atoms with Gasteiger partial charge < -0.3 is 19.5 Å². The van der Waals surface area contributed by atoms with Crippen molar-refractivity contribution in [2.45, 2.75) is 6.92 Å². The van der Waals surface area contributed by atoms with Crippen LogP contribution in [-0.4, -0.2) is 29.4 Å². The van der Waals surface area contributed by atoms with E-state index in [0.717, 1.165) is 16.5 Å². The Labute approximate surface area is 173 Å². The van der Waals surface area contributed by atoms with Gasteiger partial charge in [-0.25, -0.2) is 0 Å². The van der Waals surface area contributed by atoms with E-state index in [1.807, 2.05) is 25.1 Å². The van der Waals surface area contributed by atoms with Crippen molar-refractivity contribution in [3.05, 3.63) is 59.8 Å². The number of nitrogens with zero attached hydrogens (tertiary/aromatic N) is 3. The molecule has 30 heavy (non-hydrogen) atoms. The fourth-order valence-electron chi connectivity index (χ4n) is 3.08. The summed E-state index contributed by atoms with van der Waals surface area (Å²) in [6.45, 7) is 1.92. The summed E-state index contributed by atoms with van der Waals surface area (Å²) < 4.78 is 17.1. The number of aromatic amines is 1. The van der Waals surface area contributed by atoms with E-state index in [4.69, 9.17) is 19.5 Å². The fourth-order valence-corrected chi connectivity index (χ4v) is 3.08. The Morgan fingerprint density at radius 3 is 2.40 bits per heavy atom. The Bertz CT molecular complexity index is 1240. The zero-order valence-corrected chi connectivity index (χ0v) is 16.7. The van der Waals surface area contributed by atoms with Gasteiger partial charge in [-0.2, -0.15) is 15.3 Å². The predicted octanol–water partition coefficient (Wildman–Crippen LogP) is 4.69. The zero-order chi connectivity index (χ0) is 21.1. The Hall–Kier alpha value is -4.25. The van der Waals surface area contributed by atoms with Crippen LogP contribution in [-0.2, 0) is 0 Å². The summed E-state index contributed by atoms with van der Waals surface area (Å²) >= 11 is 0. The molecule has 0 bridgehead atoms. The Balaban J connectivity index is 1.84. The van der Waals surface area contributed by atoms with Crippen LogP contribution in [0, 0.1) is 18.3 Å². The number of nitriles is 1. The normalized spacial score (nSPS) is 10.5. The number of nitrogens with one attached hydrogen (secondary N) is 2. The van der Waals surface area contributed by atoms with Crippen LogP contribution in [0.3, 0.4) is 0 Å². The van der Waals surface area contributed by atoms with E-state index < -0.39 is 0 Å². The van der Waals surface area contributed by atoms with Gasteiger partial charge in [-0.15, -0.1) is 0 Å². The van der Waals surface area contributed by atoms with Gasteiger partial charge in [-0.05, 0) is 49.4 Å². The highest BCUT2D eigenvalue weighted by Gasteiger charge is 2.16. The lowest BCUT2D eigenvalue weighted by Crippen LogP contribution is -1.99. The molecular formula is C22H19N5O3. The van der Waals surface area contributed by atoms with Crippen molar-refractivity contribution < 1.29 is 14.2 Å². The quantitative estimate of drug-likeness (QED) is 0.483. The lowest BCUT2D eigenvalue weighted by atomic mass is 10.1. The number of hydrogen-bond acceptors (Lipinski definition) is 7. The van der Waals surface area contributed by atoms with E-state index >= 15 is 0 Å². The molecule has 0 aliphatic heterocycles. The number of H-pyrrole nitrogens is 1. The molecule has 0 aliphatic carbocycles. The summed E-state index contributed by atoms with van der Waals surface area (Å²) in [6, 6.07) is 16.3. The Morgan fingerprint density at radius 2 is 1.77 bits per heavy atom. The SMILES string of the molecule is COc1ccc2c(Oc3ccc(C#N)cc3)nc(Nc3cc(C)[nH]n3)cc2c1OC. The molecule has 0 unspecified atom stereocenters. The van der Waals surface area contributed by atoms with Gasteiger partial charge in [-0.3, -0.25) is 5.10 Å². The van der Waals surface area contributed by atoms with Crippen LogP contribution in [0.25, 0.3) is 10.8 Å². The first-order valence-electron chi connectivity index (χ1n) is 9.14. The highest BCUT2D eigenvalue weighted by Crippen LogP contribution is 2.41. The maximum Gasteiger partial charge on any atom is 0.229 e. The number of anilines is 2. The standard InChI is InChI=1S/C22H19N5O3/c1-13-10-20(27-26-13)24-19-11-17-16(8-9-18(28-2)21(17)29-3)22(25-19)30-15-6-4-14(12-23)5-7-15/h4-11H,1-3H3,(H2,24,25,26,27). The van der Waals surface area contributed by atoms with Gasteiger partial charge >= 0.3 is 0 Å². The van der Waals surface area contributed by atoms with E-state index in [1.54, 1.807) is 44.6 Å². The maximum atomic E-state index is 9.00. The number of rotatable bonds is 6. The molecule has 4 rings (SSSR count). The van der Waals surface area contributed by atoms with Crippen molar-refractivity contribution in [1.29, 1.82) is 5.26 Å². The average molecular weight is 401 g/mol. The fraction of sp³-hybridized carbons (Fsp3) is 0.136. The topological polar surface area (TPSA) is 105 Å². The van der Waals surface area contributed by atoms with Crippen molar-refractivity contribution in [3.8, 4) is 29.2 Å². The molecule has 0 atom stereocenters. The molecule has 0 aliphatic rings. The predicted molar refractivity (Wildman–Crippen MR) is 113 cm³/mol. The van der Waals surface area contributed by atoms with Crippen LogP contribution in [0.1, 0.15) is 11.3 Å². The van der Waals surface area contributed by atoms with Gasteiger partial charge in [-0.1, -0.05) is 0 Å². The molecule has 0 amide bonds. The number of ether oxygens (including phenoxy) is 3. The van der Waals surface area contributed by atoms with Crippen LogP contribution in [0.2, 0.25) is 0 Å². The highest BCUT2D eigenvalue weighted by atomic mass is 16.5. The highest BCUT2D eigenvalue weighted by molar-refractivity contribution is 5.96. The molecule has 2 aromatic heterocycles. The van der Waals surface area contributed by atoms with Crippen molar-refractivity contribution >= 4 is 22.4 Å². The Kier molecular flexibility index (Phi) is 5.09. The number of benzene rings is 2. The van der Waals surface area contributed by atoms with Gasteiger partial charge in [0.1, 0.15) is 11.6 Å². The molecular weight excluding hydrogens is 382 g/mol. The second-order valence-corrected chi connectivity index (χ2v) is 6.51. The van der Waals surface area contributed by atoms with Crippen LogP contribution in [0.4, 0.5) is 11.6 Å². The molecule has 2 heterocycles. The monoisotopic (exact) mass is 401 g/mol. The van der Waals surface area contributed by atoms with Gasteiger partial charge in [0.25, 0.3) is 0 Å². The second-order valence-electron chi connectivity index (χ2n) is 6.51. The minimum Gasteiger partial charge on any atom is -0.493 e. The van der Waals surface area contributed by atoms with Crippen LogP contribution in [0.5, 0.6) is 23.1 Å². The van der Waals surface area contributed by atoms with Gasteiger partial charge in [0.2, 0.25) is 5.88 Å². The molecule has 0 spiro atoms. The largest absolute Gasteiger partial charge is 0.493 e. The van der Waals surface area contributed by atoms with Gasteiger partial charge in [0.15, 0.2) is 17.3 Å². The van der Waals surface area contributed by atoms with E-state index in [-0.39, 0.29) is 0 Å². The molecule has 2 aromatic carbocycles. The summed E-state index contributed by atoms with van der Waals surface area (Å²) in [7, 11) is 3.17. The molecule has 2 N–H and O–H groups in total. The number of aromatic nitrogens is 3. The Morgan fingerprint density at radius 1 is 0.967 bits per heavy atom. The van der Waals surface area contributed by atoms with Crippen LogP contribution >= 0.6 is 0 Å². The molecule has 4 aromatic rings. The molecule has 0 saturated heterocycles. The summed E-state index contributed by atoms with van der Waals surface area (Å²) in [6.07, 6.45) is 0. The van der Waals surface area contributed by atoms with E-state index in [0.29, 0.717) is 40.3 Å². The summed E-state index contributed by atoms with van der Waals surface area (Å²) in [4.78, 5) is 4.63. The van der Waals surface area contributed by atoms with E-state index in [2.05, 4.69) is 26.6 Å². The smallest absolute Gasteiger partial charge is 0.229 e.